The maximum atomic E-state index is 5.78. The van der Waals surface area contributed by atoms with Gasteiger partial charge in [-0.05, 0) is 133 Å². The van der Waals surface area contributed by atoms with Crippen LogP contribution in [0.25, 0.3) is 68.3 Å². The first-order chi connectivity index (χ1) is 41.2. The quantitative estimate of drug-likeness (QED) is 0.0743. The maximum absolute atomic E-state index is 5.78. The SMILES string of the molecule is CCOc1cccc(-c2cc(C#Cc3cc(C#Cc4cc(-c5cccc(OCC)n5)nc(-c5cccc(OCC)n5)c4)cc(C#Cc4cc(-c5cccc(OCC)n5)nc(-c5cccc(OCC)n5)c4)c3)cc(-c3cccc(OCC)n3)n2)n1. The molecular formula is C69H57N9O6. The van der Waals surface area contributed by atoms with Crippen LogP contribution in [0.15, 0.2) is 164 Å². The highest BCUT2D eigenvalue weighted by Gasteiger charge is 2.15. The third-order valence-corrected chi connectivity index (χ3v) is 12.1. The molecule has 10 rings (SSSR count). The normalized spacial score (nSPS) is 10.5. The summed E-state index contributed by atoms with van der Waals surface area (Å²) in [7, 11) is 0. The van der Waals surface area contributed by atoms with Gasteiger partial charge in [0.15, 0.2) is 0 Å². The van der Waals surface area contributed by atoms with E-state index >= 15 is 0 Å². The summed E-state index contributed by atoms with van der Waals surface area (Å²) >= 11 is 0. The Labute approximate surface area is 488 Å². The molecule has 0 aliphatic carbocycles. The van der Waals surface area contributed by atoms with Crippen LogP contribution in [0.2, 0.25) is 0 Å². The Kier molecular flexibility index (Phi) is 18.4. The molecule has 0 fully saturated rings. The third-order valence-electron chi connectivity index (χ3n) is 12.1. The van der Waals surface area contributed by atoms with E-state index in [1.165, 1.54) is 0 Å². The molecule has 0 saturated heterocycles. The molecule has 0 N–H and O–H groups in total. The van der Waals surface area contributed by atoms with Gasteiger partial charge in [-0.15, -0.1) is 0 Å². The molecular weight excluding hydrogens is 1050 g/mol. The van der Waals surface area contributed by atoms with Crippen molar-refractivity contribution in [2.75, 3.05) is 39.6 Å². The number of benzene rings is 1. The molecule has 0 bridgehead atoms. The van der Waals surface area contributed by atoms with Crippen molar-refractivity contribution in [3.63, 3.8) is 0 Å². The minimum Gasteiger partial charge on any atom is -0.478 e. The van der Waals surface area contributed by atoms with Crippen LogP contribution in [-0.2, 0) is 0 Å². The van der Waals surface area contributed by atoms with Gasteiger partial charge in [-0.25, -0.2) is 44.9 Å². The zero-order chi connectivity index (χ0) is 58.0. The summed E-state index contributed by atoms with van der Waals surface area (Å²) in [5, 5.41) is 0. The van der Waals surface area contributed by atoms with Crippen molar-refractivity contribution in [3.8, 4) is 139 Å². The molecule has 0 amide bonds. The molecule has 84 heavy (non-hydrogen) atoms. The molecule has 0 saturated carbocycles. The molecule has 9 aromatic heterocycles. The molecule has 0 aliphatic rings. The van der Waals surface area contributed by atoms with E-state index in [4.69, 9.17) is 73.3 Å². The van der Waals surface area contributed by atoms with Crippen molar-refractivity contribution in [2.45, 2.75) is 41.5 Å². The van der Waals surface area contributed by atoms with Crippen LogP contribution in [-0.4, -0.2) is 84.5 Å². The van der Waals surface area contributed by atoms with Crippen LogP contribution in [0.1, 0.15) is 74.9 Å². The van der Waals surface area contributed by atoms with Crippen LogP contribution in [0.4, 0.5) is 0 Å². The Morgan fingerprint density at radius 3 is 0.548 bits per heavy atom. The molecule has 0 atom stereocenters. The van der Waals surface area contributed by atoms with Gasteiger partial charge in [0, 0.05) is 69.8 Å². The summed E-state index contributed by atoms with van der Waals surface area (Å²) < 4.78 is 34.7. The summed E-state index contributed by atoms with van der Waals surface area (Å²) in [5.74, 6) is 23.5. The van der Waals surface area contributed by atoms with Gasteiger partial charge in [-0.3, -0.25) is 0 Å². The van der Waals surface area contributed by atoms with E-state index in [9.17, 15) is 0 Å². The van der Waals surface area contributed by atoms with Crippen LogP contribution >= 0.6 is 0 Å². The number of pyridine rings is 9. The first-order valence-corrected chi connectivity index (χ1v) is 27.6. The molecule has 15 heteroatoms. The highest BCUT2D eigenvalue weighted by atomic mass is 16.5. The monoisotopic (exact) mass is 1110 g/mol. The summed E-state index contributed by atoms with van der Waals surface area (Å²) in [6.07, 6.45) is 0. The largest absolute Gasteiger partial charge is 0.478 e. The Morgan fingerprint density at radius 2 is 0.381 bits per heavy atom. The molecule has 10 aromatic rings. The van der Waals surface area contributed by atoms with Gasteiger partial charge in [0.1, 0.15) is 0 Å². The lowest BCUT2D eigenvalue weighted by Gasteiger charge is -2.09. The first-order valence-electron chi connectivity index (χ1n) is 27.6. The van der Waals surface area contributed by atoms with Gasteiger partial charge in [0.05, 0.1) is 108 Å². The molecule has 0 radical (unpaired) electrons. The van der Waals surface area contributed by atoms with Crippen LogP contribution in [0, 0.1) is 35.5 Å². The van der Waals surface area contributed by atoms with Crippen molar-refractivity contribution in [3.05, 3.63) is 197 Å². The zero-order valence-corrected chi connectivity index (χ0v) is 47.3. The molecule has 9 heterocycles. The lowest BCUT2D eigenvalue weighted by Crippen LogP contribution is -1.99. The number of ether oxygens (including phenoxy) is 6. The topological polar surface area (TPSA) is 171 Å². The van der Waals surface area contributed by atoms with Crippen molar-refractivity contribution < 1.29 is 28.4 Å². The second-order valence-electron chi connectivity index (χ2n) is 18.2. The number of hydrogen-bond acceptors (Lipinski definition) is 15. The number of hydrogen-bond donors (Lipinski definition) is 0. The summed E-state index contributed by atoms with van der Waals surface area (Å²) in [5.41, 5.74) is 11.1. The Morgan fingerprint density at radius 1 is 0.214 bits per heavy atom. The van der Waals surface area contributed by atoms with Gasteiger partial charge >= 0.3 is 0 Å². The highest BCUT2D eigenvalue weighted by molar-refractivity contribution is 5.70. The fraction of sp³-hybridized carbons (Fsp3) is 0.174. The lowest BCUT2D eigenvalue weighted by molar-refractivity contribution is 0.327. The van der Waals surface area contributed by atoms with Gasteiger partial charge < -0.3 is 28.4 Å². The average Bonchev–Trinajstić information content (AvgIpc) is 3.58. The van der Waals surface area contributed by atoms with Crippen molar-refractivity contribution in [1.82, 2.24) is 44.9 Å². The van der Waals surface area contributed by atoms with E-state index < -0.39 is 0 Å². The predicted octanol–water partition coefficient (Wildman–Crippen LogP) is 12.8. The van der Waals surface area contributed by atoms with E-state index in [0.717, 1.165) is 0 Å². The van der Waals surface area contributed by atoms with Gasteiger partial charge in [0.2, 0.25) is 35.3 Å². The third kappa shape index (κ3) is 14.7. The Balaban J connectivity index is 1.13. The fourth-order valence-corrected chi connectivity index (χ4v) is 8.59. The van der Waals surface area contributed by atoms with E-state index in [0.29, 0.717) is 177 Å². The fourth-order valence-electron chi connectivity index (χ4n) is 8.59. The standard InChI is InChI=1S/C69H57N9O6/c1-7-79-64-25-13-19-52(73-64)58-40-49(41-59(70-58)53-20-14-26-65(74-53)80-8-2)34-31-46-37-47(32-35-50-42-60(54-21-15-27-66(75-54)81-9-3)71-61(43-50)55-22-16-28-67(76-55)82-10-4)39-48(38-46)33-36-51-44-62(56-23-17-29-68(77-56)83-11-5)72-63(45-51)57-24-18-30-69(78-57)84-12-6/h13-30,37-45H,7-12H2,1-6H3. The van der Waals surface area contributed by atoms with Crippen LogP contribution in [0.5, 0.6) is 35.3 Å². The van der Waals surface area contributed by atoms with Gasteiger partial charge in [-0.2, -0.15) is 0 Å². The lowest BCUT2D eigenvalue weighted by atomic mass is 10.0. The van der Waals surface area contributed by atoms with E-state index in [-0.39, 0.29) is 0 Å². The second-order valence-corrected chi connectivity index (χ2v) is 18.2. The Bertz CT molecular complexity index is 3550. The number of rotatable bonds is 18. The zero-order valence-electron chi connectivity index (χ0n) is 47.3. The van der Waals surface area contributed by atoms with Crippen LogP contribution in [0.3, 0.4) is 0 Å². The first kappa shape index (κ1) is 56.3. The molecule has 15 nitrogen and oxygen atoms in total. The molecule has 0 aliphatic heterocycles. The smallest absolute Gasteiger partial charge is 0.213 e. The minimum absolute atomic E-state index is 0.462. The number of nitrogens with zero attached hydrogens (tertiary/aromatic N) is 9. The summed E-state index contributed by atoms with van der Waals surface area (Å²) in [4.78, 5) is 43.7. The minimum atomic E-state index is 0.462. The van der Waals surface area contributed by atoms with Crippen molar-refractivity contribution in [2.24, 2.45) is 0 Å². The summed E-state index contributed by atoms with van der Waals surface area (Å²) in [6, 6.07) is 50.8. The van der Waals surface area contributed by atoms with Gasteiger partial charge in [-0.1, -0.05) is 71.9 Å². The van der Waals surface area contributed by atoms with Crippen LogP contribution < -0.4 is 28.4 Å². The number of aromatic nitrogens is 9. The highest BCUT2D eigenvalue weighted by Crippen LogP contribution is 2.29. The maximum Gasteiger partial charge on any atom is 0.213 e. The van der Waals surface area contributed by atoms with Crippen molar-refractivity contribution >= 4 is 0 Å². The van der Waals surface area contributed by atoms with Gasteiger partial charge in [0.25, 0.3) is 0 Å². The molecule has 0 spiro atoms. The van der Waals surface area contributed by atoms with Crippen molar-refractivity contribution in [1.29, 1.82) is 0 Å². The molecule has 0 unspecified atom stereocenters. The molecule has 1 aromatic carbocycles. The Hall–Kier alpha value is -11.0. The average molecular weight is 1110 g/mol. The summed E-state index contributed by atoms with van der Waals surface area (Å²) in [6.45, 7) is 14.3. The van der Waals surface area contributed by atoms with E-state index in [2.05, 4.69) is 35.5 Å². The predicted molar refractivity (Wildman–Crippen MR) is 323 cm³/mol. The van der Waals surface area contributed by atoms with E-state index in [1.54, 1.807) is 0 Å². The molecule has 414 valence electrons. The second kappa shape index (κ2) is 27.5. The van der Waals surface area contributed by atoms with E-state index in [1.807, 2.05) is 205 Å².